The Balaban J connectivity index is 1.86. The normalized spacial score (nSPS) is 50.7. The highest BCUT2D eigenvalue weighted by molar-refractivity contribution is 5.11. The van der Waals surface area contributed by atoms with E-state index in [0.717, 1.165) is 12.0 Å². The van der Waals surface area contributed by atoms with Crippen LogP contribution in [0.4, 0.5) is 0 Å². The van der Waals surface area contributed by atoms with Gasteiger partial charge in [-0.1, -0.05) is 0 Å². The fraction of sp³-hybridized carbons (Fsp3) is 1.00. The van der Waals surface area contributed by atoms with Crippen LogP contribution in [-0.2, 0) is 4.74 Å². The van der Waals surface area contributed by atoms with E-state index in [4.69, 9.17) is 4.74 Å². The first kappa shape index (κ1) is 4.73. The Bertz CT molecular complexity index is 136. The van der Waals surface area contributed by atoms with E-state index >= 15 is 0 Å². The molecule has 0 aromatic carbocycles. The van der Waals surface area contributed by atoms with Gasteiger partial charge in [0.1, 0.15) is 0 Å². The summed E-state index contributed by atoms with van der Waals surface area (Å²) in [5.74, 6) is 0. The number of rotatable bonds is 0. The minimum atomic E-state index is 0.441. The van der Waals surface area contributed by atoms with Crippen molar-refractivity contribution in [3.8, 4) is 0 Å². The molecule has 1 heterocycles. The van der Waals surface area contributed by atoms with E-state index in [2.05, 4.69) is 0 Å². The number of epoxide rings is 1. The SMILES string of the molecule is C1CC12CC[C@@]1(CO1)C2. The molecule has 0 unspecified atom stereocenters. The molecule has 1 nitrogen and oxygen atoms in total. The van der Waals surface area contributed by atoms with Crippen molar-refractivity contribution < 1.29 is 4.74 Å². The fourth-order valence-corrected chi connectivity index (χ4v) is 2.31. The zero-order valence-electron chi connectivity index (χ0n) is 5.65. The standard InChI is InChI=1S/C8H12O/c1-2-7(1)3-4-8(5-7)6-9-8/h1-6H2/t8-/m0/s1. The second kappa shape index (κ2) is 1.07. The molecule has 3 rings (SSSR count). The summed E-state index contributed by atoms with van der Waals surface area (Å²) in [5, 5.41) is 0. The third-order valence-corrected chi connectivity index (χ3v) is 3.32. The third-order valence-electron chi connectivity index (χ3n) is 3.32. The van der Waals surface area contributed by atoms with Crippen molar-refractivity contribution in [2.45, 2.75) is 37.7 Å². The summed E-state index contributed by atoms with van der Waals surface area (Å²) in [7, 11) is 0. The molecule has 0 aromatic heterocycles. The first-order valence-electron chi connectivity index (χ1n) is 3.97. The van der Waals surface area contributed by atoms with Gasteiger partial charge in [-0.15, -0.1) is 0 Å². The number of hydrogen-bond donors (Lipinski definition) is 0. The van der Waals surface area contributed by atoms with Crippen LogP contribution in [0.2, 0.25) is 0 Å². The number of ether oxygens (including phenoxy) is 1. The van der Waals surface area contributed by atoms with Crippen molar-refractivity contribution in [1.82, 2.24) is 0 Å². The summed E-state index contributed by atoms with van der Waals surface area (Å²) < 4.78 is 5.43. The molecule has 0 amide bonds. The summed E-state index contributed by atoms with van der Waals surface area (Å²) in [4.78, 5) is 0. The molecule has 0 aromatic rings. The Hall–Kier alpha value is -0.0400. The average molecular weight is 124 g/mol. The van der Waals surface area contributed by atoms with Gasteiger partial charge in [0.2, 0.25) is 0 Å². The molecule has 1 saturated heterocycles. The van der Waals surface area contributed by atoms with E-state index in [0.29, 0.717) is 5.60 Å². The zero-order valence-corrected chi connectivity index (χ0v) is 5.65. The molecule has 50 valence electrons. The van der Waals surface area contributed by atoms with E-state index < -0.39 is 0 Å². The van der Waals surface area contributed by atoms with Gasteiger partial charge in [0.15, 0.2) is 0 Å². The summed E-state index contributed by atoms with van der Waals surface area (Å²) in [6.45, 7) is 1.08. The Labute approximate surface area is 55.4 Å². The second-order valence-corrected chi connectivity index (χ2v) is 4.15. The first-order chi connectivity index (χ1) is 4.33. The lowest BCUT2D eigenvalue weighted by molar-refractivity contribution is 0.298. The van der Waals surface area contributed by atoms with Gasteiger partial charge in [-0.2, -0.15) is 0 Å². The predicted octanol–water partition coefficient (Wildman–Crippen LogP) is 1.72. The molecule has 9 heavy (non-hydrogen) atoms. The van der Waals surface area contributed by atoms with E-state index in [9.17, 15) is 0 Å². The van der Waals surface area contributed by atoms with Crippen LogP contribution in [0.25, 0.3) is 0 Å². The van der Waals surface area contributed by atoms with Crippen LogP contribution in [-0.4, -0.2) is 12.2 Å². The molecule has 0 bridgehead atoms. The Morgan fingerprint density at radius 1 is 1.00 bits per heavy atom. The molecule has 0 radical (unpaired) electrons. The Morgan fingerprint density at radius 3 is 2.00 bits per heavy atom. The van der Waals surface area contributed by atoms with Crippen molar-refractivity contribution in [2.75, 3.05) is 6.61 Å². The van der Waals surface area contributed by atoms with E-state index in [1.807, 2.05) is 0 Å². The van der Waals surface area contributed by atoms with Crippen LogP contribution in [0.5, 0.6) is 0 Å². The predicted molar refractivity (Wildman–Crippen MR) is 34.2 cm³/mol. The molecule has 2 saturated carbocycles. The Morgan fingerprint density at radius 2 is 1.67 bits per heavy atom. The van der Waals surface area contributed by atoms with E-state index in [1.165, 1.54) is 32.1 Å². The van der Waals surface area contributed by atoms with Crippen molar-refractivity contribution in [3.05, 3.63) is 0 Å². The zero-order chi connectivity index (χ0) is 5.95. The topological polar surface area (TPSA) is 12.5 Å². The highest BCUT2D eigenvalue weighted by atomic mass is 16.6. The maximum absolute atomic E-state index is 5.43. The molecule has 2 spiro atoms. The van der Waals surface area contributed by atoms with Crippen LogP contribution in [0.3, 0.4) is 0 Å². The van der Waals surface area contributed by atoms with Crippen LogP contribution in [0, 0.1) is 5.41 Å². The summed E-state index contributed by atoms with van der Waals surface area (Å²) >= 11 is 0. The highest BCUT2D eigenvalue weighted by Gasteiger charge is 2.60. The molecular weight excluding hydrogens is 112 g/mol. The molecular formula is C8H12O. The maximum atomic E-state index is 5.43. The molecule has 1 heteroatoms. The van der Waals surface area contributed by atoms with Crippen LogP contribution < -0.4 is 0 Å². The molecule has 3 aliphatic rings. The van der Waals surface area contributed by atoms with Crippen LogP contribution in [0.1, 0.15) is 32.1 Å². The highest BCUT2D eigenvalue weighted by Crippen LogP contribution is 2.64. The lowest BCUT2D eigenvalue weighted by Gasteiger charge is -2.01. The minimum Gasteiger partial charge on any atom is -0.370 e. The van der Waals surface area contributed by atoms with Gasteiger partial charge < -0.3 is 4.74 Å². The molecule has 1 aliphatic heterocycles. The van der Waals surface area contributed by atoms with Crippen LogP contribution in [0.15, 0.2) is 0 Å². The molecule has 1 atom stereocenters. The summed E-state index contributed by atoms with van der Waals surface area (Å²) in [6, 6.07) is 0. The van der Waals surface area contributed by atoms with Gasteiger partial charge in [0.25, 0.3) is 0 Å². The molecule has 2 aliphatic carbocycles. The monoisotopic (exact) mass is 124 g/mol. The average Bonchev–Trinajstić information content (AvgIpc) is 2.62. The van der Waals surface area contributed by atoms with E-state index in [-0.39, 0.29) is 0 Å². The lowest BCUT2D eigenvalue weighted by atomic mass is 10.0. The largest absolute Gasteiger partial charge is 0.370 e. The van der Waals surface area contributed by atoms with Crippen molar-refractivity contribution in [3.63, 3.8) is 0 Å². The van der Waals surface area contributed by atoms with Crippen molar-refractivity contribution in [2.24, 2.45) is 5.41 Å². The third kappa shape index (κ3) is 0.536. The minimum absolute atomic E-state index is 0.441. The summed E-state index contributed by atoms with van der Waals surface area (Å²) in [6.07, 6.45) is 7.23. The van der Waals surface area contributed by atoms with Gasteiger partial charge in [0.05, 0.1) is 12.2 Å². The molecule has 0 N–H and O–H groups in total. The van der Waals surface area contributed by atoms with Crippen LogP contribution >= 0.6 is 0 Å². The Kier molecular flexibility index (Phi) is 0.563. The lowest BCUT2D eigenvalue weighted by Crippen LogP contribution is -2.03. The van der Waals surface area contributed by atoms with Crippen molar-refractivity contribution >= 4 is 0 Å². The fourth-order valence-electron chi connectivity index (χ4n) is 2.31. The van der Waals surface area contributed by atoms with Gasteiger partial charge >= 0.3 is 0 Å². The van der Waals surface area contributed by atoms with Gasteiger partial charge in [-0.25, -0.2) is 0 Å². The van der Waals surface area contributed by atoms with Crippen molar-refractivity contribution in [1.29, 1.82) is 0 Å². The first-order valence-corrected chi connectivity index (χ1v) is 3.97. The second-order valence-electron chi connectivity index (χ2n) is 4.15. The maximum Gasteiger partial charge on any atom is 0.0922 e. The van der Waals surface area contributed by atoms with Gasteiger partial charge in [-0.3, -0.25) is 0 Å². The molecule has 3 fully saturated rings. The van der Waals surface area contributed by atoms with Gasteiger partial charge in [0, 0.05) is 0 Å². The smallest absolute Gasteiger partial charge is 0.0922 e. The summed E-state index contributed by atoms with van der Waals surface area (Å²) in [5.41, 5.74) is 1.26. The number of hydrogen-bond acceptors (Lipinski definition) is 1. The quantitative estimate of drug-likeness (QED) is 0.448. The van der Waals surface area contributed by atoms with Gasteiger partial charge in [-0.05, 0) is 37.5 Å². The van der Waals surface area contributed by atoms with E-state index in [1.54, 1.807) is 0 Å².